The van der Waals surface area contributed by atoms with Gasteiger partial charge in [-0.25, -0.2) is 9.97 Å². The van der Waals surface area contributed by atoms with Crippen molar-refractivity contribution >= 4 is 17.7 Å². The van der Waals surface area contributed by atoms with Crippen LogP contribution in [0.1, 0.15) is 62.1 Å². The highest BCUT2D eigenvalue weighted by atomic mass is 16.2. The van der Waals surface area contributed by atoms with Crippen molar-refractivity contribution in [3.05, 3.63) is 23.8 Å². The monoisotopic (exact) mass is 373 g/mol. The molecule has 2 aliphatic rings. The highest BCUT2D eigenvalue weighted by molar-refractivity contribution is 5.97. The smallest absolute Gasteiger partial charge is 0.257 e. The van der Waals surface area contributed by atoms with Crippen molar-refractivity contribution in [2.24, 2.45) is 5.92 Å². The average Bonchev–Trinajstić information content (AvgIpc) is 3.42. The Hall–Kier alpha value is -2.51. The van der Waals surface area contributed by atoms with E-state index < -0.39 is 6.04 Å². The number of likely N-dealkylation sites (tertiary alicyclic amines) is 1. The lowest BCUT2D eigenvalue weighted by Crippen LogP contribution is -2.46. The summed E-state index contributed by atoms with van der Waals surface area (Å²) < 4.78 is 0. The van der Waals surface area contributed by atoms with Gasteiger partial charge in [0.15, 0.2) is 0 Å². The van der Waals surface area contributed by atoms with Crippen LogP contribution in [0.5, 0.6) is 0 Å². The molecule has 0 radical (unpaired) electrons. The van der Waals surface area contributed by atoms with Gasteiger partial charge < -0.3 is 15.5 Å². The Balaban J connectivity index is 1.74. The Bertz CT molecular complexity index is 715. The van der Waals surface area contributed by atoms with Crippen molar-refractivity contribution < 1.29 is 14.4 Å². The van der Waals surface area contributed by atoms with E-state index in [1.165, 1.54) is 17.3 Å². The van der Waals surface area contributed by atoms with Gasteiger partial charge in [0.25, 0.3) is 5.91 Å². The van der Waals surface area contributed by atoms with E-state index >= 15 is 0 Å². The van der Waals surface area contributed by atoms with Crippen LogP contribution in [0.15, 0.2) is 12.4 Å². The first-order chi connectivity index (χ1) is 12.9. The summed E-state index contributed by atoms with van der Waals surface area (Å²) in [5.74, 6) is 0.468. The van der Waals surface area contributed by atoms with Crippen LogP contribution in [0.4, 0.5) is 0 Å². The standard InChI is InChI=1S/C19H27N5O3/c1-4-20-18(26)15-7-14(23-17(25)12-5-6-12)10-24(15)19(27)13-8-21-16(11(2)3)22-9-13/h8-9,11-12,14-15H,4-7,10H2,1-3H3,(H,20,26)(H,23,25)/t14-,15-/m0/s1. The second-order valence-electron chi connectivity index (χ2n) is 7.57. The third kappa shape index (κ3) is 4.43. The number of aromatic nitrogens is 2. The second kappa shape index (κ2) is 8.02. The van der Waals surface area contributed by atoms with E-state index in [1.807, 2.05) is 20.8 Å². The first kappa shape index (κ1) is 19.3. The number of nitrogens with zero attached hydrogens (tertiary/aromatic N) is 3. The van der Waals surface area contributed by atoms with Gasteiger partial charge in [-0.1, -0.05) is 13.8 Å². The van der Waals surface area contributed by atoms with E-state index in [-0.39, 0.29) is 35.6 Å². The van der Waals surface area contributed by atoms with Crippen molar-refractivity contribution in [1.82, 2.24) is 25.5 Å². The van der Waals surface area contributed by atoms with Crippen molar-refractivity contribution in [3.63, 3.8) is 0 Å². The quantitative estimate of drug-likeness (QED) is 0.769. The normalized spacial score (nSPS) is 22.0. The SMILES string of the molecule is CCNC(=O)[C@@H]1C[C@H](NC(=O)C2CC2)CN1C(=O)c1cnc(C(C)C)nc1. The zero-order valence-corrected chi connectivity index (χ0v) is 16.1. The molecular weight excluding hydrogens is 346 g/mol. The number of likely N-dealkylation sites (N-methyl/N-ethyl adjacent to an activating group) is 1. The molecule has 2 heterocycles. The fourth-order valence-electron chi connectivity index (χ4n) is 3.28. The number of hydrogen-bond acceptors (Lipinski definition) is 5. The minimum atomic E-state index is -0.605. The van der Waals surface area contributed by atoms with Gasteiger partial charge in [-0.15, -0.1) is 0 Å². The lowest BCUT2D eigenvalue weighted by molar-refractivity contribution is -0.125. The zero-order valence-electron chi connectivity index (χ0n) is 16.1. The Kier molecular flexibility index (Phi) is 5.72. The van der Waals surface area contributed by atoms with Crippen LogP contribution >= 0.6 is 0 Å². The maximum atomic E-state index is 13.0. The lowest BCUT2D eigenvalue weighted by atomic mass is 10.1. The molecule has 3 rings (SSSR count). The van der Waals surface area contributed by atoms with Gasteiger partial charge >= 0.3 is 0 Å². The van der Waals surface area contributed by atoms with Gasteiger partial charge in [0.2, 0.25) is 11.8 Å². The van der Waals surface area contributed by atoms with Gasteiger partial charge in [-0.05, 0) is 26.2 Å². The van der Waals surface area contributed by atoms with E-state index in [0.29, 0.717) is 30.9 Å². The number of nitrogens with one attached hydrogen (secondary N) is 2. The molecule has 2 atom stereocenters. The molecule has 1 aliphatic carbocycles. The first-order valence-corrected chi connectivity index (χ1v) is 9.61. The minimum Gasteiger partial charge on any atom is -0.355 e. The molecule has 1 aromatic heterocycles. The molecule has 8 heteroatoms. The van der Waals surface area contributed by atoms with Crippen LogP contribution in [-0.4, -0.2) is 57.8 Å². The molecule has 2 N–H and O–H groups in total. The van der Waals surface area contributed by atoms with Gasteiger partial charge in [-0.2, -0.15) is 0 Å². The van der Waals surface area contributed by atoms with Crippen LogP contribution in [0.25, 0.3) is 0 Å². The van der Waals surface area contributed by atoms with E-state index in [2.05, 4.69) is 20.6 Å². The van der Waals surface area contributed by atoms with Crippen molar-refractivity contribution in [3.8, 4) is 0 Å². The highest BCUT2D eigenvalue weighted by Crippen LogP contribution is 2.30. The molecule has 0 aromatic carbocycles. The Morgan fingerprint density at radius 3 is 2.41 bits per heavy atom. The summed E-state index contributed by atoms with van der Waals surface area (Å²) in [4.78, 5) is 47.5. The van der Waals surface area contributed by atoms with E-state index in [4.69, 9.17) is 0 Å². The maximum Gasteiger partial charge on any atom is 0.257 e. The molecule has 1 saturated carbocycles. The number of carbonyl (C=O) groups is 3. The fourth-order valence-corrected chi connectivity index (χ4v) is 3.28. The summed E-state index contributed by atoms with van der Waals surface area (Å²) in [5, 5.41) is 5.76. The molecule has 0 bridgehead atoms. The molecule has 8 nitrogen and oxygen atoms in total. The molecule has 2 fully saturated rings. The van der Waals surface area contributed by atoms with Gasteiger partial charge in [-0.3, -0.25) is 14.4 Å². The molecule has 1 saturated heterocycles. The predicted octanol–water partition coefficient (Wildman–Crippen LogP) is 0.845. The van der Waals surface area contributed by atoms with Crippen molar-refractivity contribution in [2.75, 3.05) is 13.1 Å². The van der Waals surface area contributed by atoms with Crippen molar-refractivity contribution in [1.29, 1.82) is 0 Å². The number of rotatable bonds is 6. The number of carbonyl (C=O) groups excluding carboxylic acids is 3. The van der Waals surface area contributed by atoms with E-state index in [1.54, 1.807) is 0 Å². The Morgan fingerprint density at radius 2 is 1.85 bits per heavy atom. The maximum absolute atomic E-state index is 13.0. The van der Waals surface area contributed by atoms with E-state index in [9.17, 15) is 14.4 Å². The number of amides is 3. The molecule has 0 unspecified atom stereocenters. The average molecular weight is 373 g/mol. The first-order valence-electron chi connectivity index (χ1n) is 9.61. The summed E-state index contributed by atoms with van der Waals surface area (Å²) in [7, 11) is 0. The molecular formula is C19H27N5O3. The van der Waals surface area contributed by atoms with Crippen LogP contribution in [0.3, 0.4) is 0 Å². The molecule has 1 aromatic rings. The summed E-state index contributed by atoms with van der Waals surface area (Å²) in [6.45, 7) is 6.60. The number of hydrogen-bond donors (Lipinski definition) is 2. The Morgan fingerprint density at radius 1 is 1.19 bits per heavy atom. The highest BCUT2D eigenvalue weighted by Gasteiger charge is 2.41. The third-order valence-electron chi connectivity index (χ3n) is 4.95. The van der Waals surface area contributed by atoms with E-state index in [0.717, 1.165) is 12.8 Å². The van der Waals surface area contributed by atoms with Crippen LogP contribution in [0, 0.1) is 5.92 Å². The van der Waals surface area contributed by atoms with Crippen LogP contribution in [0.2, 0.25) is 0 Å². The summed E-state index contributed by atoms with van der Waals surface area (Å²) >= 11 is 0. The molecule has 146 valence electrons. The lowest BCUT2D eigenvalue weighted by Gasteiger charge is -2.23. The van der Waals surface area contributed by atoms with Crippen LogP contribution < -0.4 is 10.6 Å². The largest absolute Gasteiger partial charge is 0.355 e. The molecule has 3 amide bonds. The topological polar surface area (TPSA) is 104 Å². The summed E-state index contributed by atoms with van der Waals surface area (Å²) in [6.07, 6.45) is 5.27. The molecule has 27 heavy (non-hydrogen) atoms. The predicted molar refractivity (Wildman–Crippen MR) is 98.9 cm³/mol. The second-order valence-corrected chi connectivity index (χ2v) is 7.57. The summed E-state index contributed by atoms with van der Waals surface area (Å²) in [6, 6.07) is -0.822. The third-order valence-corrected chi connectivity index (χ3v) is 4.95. The van der Waals surface area contributed by atoms with Gasteiger partial charge in [0.1, 0.15) is 11.9 Å². The Labute approximate surface area is 159 Å². The molecule has 0 spiro atoms. The molecule has 1 aliphatic heterocycles. The minimum absolute atomic E-state index is 0.0218. The zero-order chi connectivity index (χ0) is 19.6. The van der Waals surface area contributed by atoms with Crippen molar-refractivity contribution in [2.45, 2.75) is 58.0 Å². The van der Waals surface area contributed by atoms with Gasteiger partial charge in [0.05, 0.1) is 5.56 Å². The van der Waals surface area contributed by atoms with Gasteiger partial charge in [0, 0.05) is 43.4 Å². The summed E-state index contributed by atoms with van der Waals surface area (Å²) in [5.41, 5.74) is 0.350. The fraction of sp³-hybridized carbons (Fsp3) is 0.632. The van der Waals surface area contributed by atoms with Crippen LogP contribution in [-0.2, 0) is 9.59 Å².